The molecule has 5 nitrogen and oxygen atoms in total. The third-order valence-corrected chi connectivity index (χ3v) is 4.80. The normalized spacial score (nSPS) is 13.1. The third-order valence-electron chi connectivity index (χ3n) is 3.17. The van der Waals surface area contributed by atoms with Crippen LogP contribution in [0.5, 0.6) is 5.75 Å². The van der Waals surface area contributed by atoms with Gasteiger partial charge in [0, 0.05) is 12.6 Å². The predicted octanol–water partition coefficient (Wildman–Crippen LogP) is 2.27. The maximum absolute atomic E-state index is 12.4. The zero-order chi connectivity index (χ0) is 15.9. The molecule has 0 saturated heterocycles. The molecule has 0 aliphatic carbocycles. The van der Waals surface area contributed by atoms with Gasteiger partial charge < -0.3 is 10.1 Å². The van der Waals surface area contributed by atoms with Crippen molar-refractivity contribution in [3.05, 3.63) is 23.8 Å². The van der Waals surface area contributed by atoms with E-state index in [1.807, 2.05) is 26.8 Å². The summed E-state index contributed by atoms with van der Waals surface area (Å²) in [6.07, 6.45) is 1.74. The molecule has 0 heterocycles. The Bertz CT molecular complexity index is 544. The molecule has 6 heteroatoms. The molecule has 1 atom stereocenters. The van der Waals surface area contributed by atoms with Crippen LogP contribution in [0.3, 0.4) is 0 Å². The second-order valence-electron chi connectivity index (χ2n) is 5.08. The Balaban J connectivity index is 3.00. The lowest BCUT2D eigenvalue weighted by Crippen LogP contribution is -2.32. The van der Waals surface area contributed by atoms with Crippen LogP contribution < -0.4 is 14.8 Å². The standard InChI is InChI=1S/C15H26N2O3S/c1-5-7-12(3)17-21(18,19)15-9-8-13(11-16-6-2)10-14(15)20-4/h8-10,12,16-17H,5-7,11H2,1-4H3. The molecule has 1 rings (SSSR count). The first-order chi connectivity index (χ1) is 9.94. The maximum atomic E-state index is 12.4. The molecule has 21 heavy (non-hydrogen) atoms. The summed E-state index contributed by atoms with van der Waals surface area (Å²) in [5.41, 5.74) is 0.995. The van der Waals surface area contributed by atoms with Gasteiger partial charge in [-0.3, -0.25) is 0 Å². The highest BCUT2D eigenvalue weighted by molar-refractivity contribution is 7.89. The highest BCUT2D eigenvalue weighted by Gasteiger charge is 2.21. The highest BCUT2D eigenvalue weighted by atomic mass is 32.2. The SMILES string of the molecule is CCCC(C)NS(=O)(=O)c1ccc(CNCC)cc1OC. The molecule has 0 amide bonds. The van der Waals surface area contributed by atoms with Gasteiger partial charge in [-0.05, 0) is 37.6 Å². The van der Waals surface area contributed by atoms with Crippen molar-refractivity contribution in [3.63, 3.8) is 0 Å². The van der Waals surface area contributed by atoms with Crippen LogP contribution in [0.25, 0.3) is 0 Å². The van der Waals surface area contributed by atoms with Crippen molar-refractivity contribution in [2.24, 2.45) is 0 Å². The fraction of sp³-hybridized carbons (Fsp3) is 0.600. The molecular formula is C15H26N2O3S. The average Bonchev–Trinajstić information content (AvgIpc) is 2.44. The second kappa shape index (κ2) is 8.36. The fourth-order valence-corrected chi connectivity index (χ4v) is 3.56. The van der Waals surface area contributed by atoms with Gasteiger partial charge >= 0.3 is 0 Å². The Morgan fingerprint density at radius 1 is 1.29 bits per heavy atom. The Kier molecular flexibility index (Phi) is 7.14. The second-order valence-corrected chi connectivity index (χ2v) is 6.76. The molecule has 0 spiro atoms. The van der Waals surface area contributed by atoms with Gasteiger partial charge in [0.1, 0.15) is 10.6 Å². The van der Waals surface area contributed by atoms with Crippen molar-refractivity contribution >= 4 is 10.0 Å². The van der Waals surface area contributed by atoms with E-state index in [9.17, 15) is 8.42 Å². The molecule has 0 aliphatic heterocycles. The van der Waals surface area contributed by atoms with Gasteiger partial charge in [0.15, 0.2) is 0 Å². The van der Waals surface area contributed by atoms with Gasteiger partial charge in [-0.1, -0.05) is 26.3 Å². The molecule has 0 radical (unpaired) electrons. The Morgan fingerprint density at radius 3 is 2.57 bits per heavy atom. The fourth-order valence-electron chi connectivity index (χ4n) is 2.13. The van der Waals surface area contributed by atoms with Gasteiger partial charge in [0.25, 0.3) is 0 Å². The summed E-state index contributed by atoms with van der Waals surface area (Å²) in [7, 11) is -2.07. The van der Waals surface area contributed by atoms with Crippen LogP contribution in [0.1, 0.15) is 39.2 Å². The molecule has 1 aromatic carbocycles. The molecule has 0 saturated carbocycles. The van der Waals surface area contributed by atoms with Crippen molar-refractivity contribution in [1.29, 1.82) is 0 Å². The maximum Gasteiger partial charge on any atom is 0.244 e. The largest absolute Gasteiger partial charge is 0.495 e. The van der Waals surface area contributed by atoms with E-state index in [0.29, 0.717) is 12.3 Å². The van der Waals surface area contributed by atoms with Crippen LogP contribution in [0.4, 0.5) is 0 Å². The van der Waals surface area contributed by atoms with Crippen LogP contribution >= 0.6 is 0 Å². The van der Waals surface area contributed by atoms with Crippen molar-refractivity contribution in [2.75, 3.05) is 13.7 Å². The monoisotopic (exact) mass is 314 g/mol. The topological polar surface area (TPSA) is 67.4 Å². The molecule has 1 aromatic rings. The minimum absolute atomic E-state index is 0.0915. The van der Waals surface area contributed by atoms with E-state index >= 15 is 0 Å². The van der Waals surface area contributed by atoms with Crippen LogP contribution in [0.15, 0.2) is 23.1 Å². The summed E-state index contributed by atoms with van der Waals surface area (Å²) in [6, 6.07) is 5.09. The predicted molar refractivity (Wildman–Crippen MR) is 85.1 cm³/mol. The van der Waals surface area contributed by atoms with Gasteiger partial charge in [0.05, 0.1) is 7.11 Å². The lowest BCUT2D eigenvalue weighted by molar-refractivity contribution is 0.401. The van der Waals surface area contributed by atoms with E-state index in [0.717, 1.165) is 24.9 Å². The zero-order valence-corrected chi connectivity index (χ0v) is 14.1. The summed E-state index contributed by atoms with van der Waals surface area (Å²) in [5.74, 6) is 0.376. The summed E-state index contributed by atoms with van der Waals surface area (Å²) < 4.78 is 32.8. The number of hydrogen-bond donors (Lipinski definition) is 2. The first-order valence-electron chi connectivity index (χ1n) is 7.34. The van der Waals surface area contributed by atoms with Crippen LogP contribution in [0.2, 0.25) is 0 Å². The van der Waals surface area contributed by atoms with Crippen LogP contribution in [-0.2, 0) is 16.6 Å². The summed E-state index contributed by atoms with van der Waals surface area (Å²) in [4.78, 5) is 0.188. The Hall–Kier alpha value is -1.11. The molecule has 2 N–H and O–H groups in total. The number of rotatable bonds is 9. The third kappa shape index (κ3) is 5.30. The number of benzene rings is 1. The smallest absolute Gasteiger partial charge is 0.244 e. The molecule has 1 unspecified atom stereocenters. The Labute approximate surface area is 128 Å². The summed E-state index contributed by atoms with van der Waals surface area (Å²) in [5, 5.41) is 3.20. The van der Waals surface area contributed by atoms with Gasteiger partial charge in [-0.2, -0.15) is 0 Å². The zero-order valence-electron chi connectivity index (χ0n) is 13.3. The van der Waals surface area contributed by atoms with E-state index in [4.69, 9.17) is 4.74 Å². The van der Waals surface area contributed by atoms with Crippen molar-refractivity contribution in [2.45, 2.75) is 51.1 Å². The number of methoxy groups -OCH3 is 1. The minimum Gasteiger partial charge on any atom is -0.495 e. The minimum atomic E-state index is -3.56. The summed E-state index contributed by atoms with van der Waals surface area (Å²) in [6.45, 7) is 7.47. The van der Waals surface area contributed by atoms with Crippen molar-refractivity contribution in [3.8, 4) is 5.75 Å². The first kappa shape index (κ1) is 17.9. The first-order valence-corrected chi connectivity index (χ1v) is 8.82. The molecular weight excluding hydrogens is 288 g/mol. The molecule has 0 aliphatic rings. The average molecular weight is 314 g/mol. The van der Waals surface area contributed by atoms with Crippen LogP contribution in [0, 0.1) is 0 Å². The molecule has 0 bridgehead atoms. The number of nitrogens with one attached hydrogen (secondary N) is 2. The van der Waals surface area contributed by atoms with Crippen molar-refractivity contribution < 1.29 is 13.2 Å². The van der Waals surface area contributed by atoms with Gasteiger partial charge in [0.2, 0.25) is 10.0 Å². The van der Waals surface area contributed by atoms with E-state index in [1.54, 1.807) is 12.1 Å². The van der Waals surface area contributed by atoms with E-state index in [1.165, 1.54) is 7.11 Å². The lowest BCUT2D eigenvalue weighted by atomic mass is 10.2. The van der Waals surface area contributed by atoms with Crippen molar-refractivity contribution in [1.82, 2.24) is 10.0 Å². The molecule has 0 fully saturated rings. The number of hydrogen-bond acceptors (Lipinski definition) is 4. The quantitative estimate of drug-likeness (QED) is 0.734. The van der Waals surface area contributed by atoms with Crippen LogP contribution in [-0.4, -0.2) is 28.1 Å². The number of ether oxygens (including phenoxy) is 1. The Morgan fingerprint density at radius 2 is 2.00 bits per heavy atom. The van der Waals surface area contributed by atoms with Gasteiger partial charge in [-0.25, -0.2) is 13.1 Å². The van der Waals surface area contributed by atoms with E-state index in [-0.39, 0.29) is 10.9 Å². The van der Waals surface area contributed by atoms with E-state index in [2.05, 4.69) is 10.0 Å². The molecule has 120 valence electrons. The van der Waals surface area contributed by atoms with Gasteiger partial charge in [-0.15, -0.1) is 0 Å². The summed E-state index contributed by atoms with van der Waals surface area (Å²) >= 11 is 0. The lowest BCUT2D eigenvalue weighted by Gasteiger charge is -2.16. The number of sulfonamides is 1. The highest BCUT2D eigenvalue weighted by Crippen LogP contribution is 2.25. The molecule has 0 aromatic heterocycles. The van der Waals surface area contributed by atoms with E-state index < -0.39 is 10.0 Å².